The third-order valence-corrected chi connectivity index (χ3v) is 2.24. The first-order valence-corrected chi connectivity index (χ1v) is 6.63. The lowest BCUT2D eigenvalue weighted by Gasteiger charge is -2.10. The maximum atomic E-state index is 12.7. The second-order valence-corrected chi connectivity index (χ2v) is 5.00. The Bertz CT molecular complexity index is 563. The monoisotopic (exact) mass is 297 g/mol. The van der Waals surface area contributed by atoms with Gasteiger partial charge in [-0.3, -0.25) is 4.28 Å². The van der Waals surface area contributed by atoms with Crippen molar-refractivity contribution in [2.24, 2.45) is 5.16 Å². The lowest BCUT2D eigenvalue weighted by Crippen LogP contribution is -2.24. The summed E-state index contributed by atoms with van der Waals surface area (Å²) in [5.74, 6) is 0.356. The fourth-order valence-corrected chi connectivity index (χ4v) is 1.33. The lowest BCUT2D eigenvalue weighted by atomic mass is 10.1. The normalized spacial score (nSPS) is 13.2. The van der Waals surface area contributed by atoms with E-state index in [0.29, 0.717) is 12.0 Å². The Morgan fingerprint density at radius 3 is 2.11 bits per heavy atom. The van der Waals surface area contributed by atoms with Crippen LogP contribution in [-0.4, -0.2) is 33.7 Å². The zero-order valence-corrected chi connectivity index (χ0v) is 10.7. The van der Waals surface area contributed by atoms with Crippen LogP contribution in [0.15, 0.2) is 29.4 Å². The number of nitrogens with zero attached hydrogens (tertiary/aromatic N) is 1. The highest BCUT2D eigenvalue weighted by Gasteiger charge is 2.38. The number of ether oxygens (including phenoxy) is 1. The van der Waals surface area contributed by atoms with Crippen molar-refractivity contribution < 1.29 is 30.6 Å². The molecule has 0 saturated carbocycles. The van der Waals surface area contributed by atoms with Crippen LogP contribution in [0.2, 0.25) is 0 Å². The highest BCUT2D eigenvalue weighted by molar-refractivity contribution is 7.85. The first-order valence-electron chi connectivity index (χ1n) is 4.82. The molecule has 0 heterocycles. The molecule has 1 aromatic rings. The van der Waals surface area contributed by atoms with Crippen LogP contribution >= 0.6 is 0 Å². The van der Waals surface area contributed by atoms with E-state index >= 15 is 0 Å². The standard InChI is InChI=1S/C10H10F3NO4S/c1-17-8-5-3-7(4-6-8)9(10(11,12)13)14-18-19(2,15)16/h3-6H,1-2H3/b14-9+. The molecule has 0 N–H and O–H groups in total. The Morgan fingerprint density at radius 2 is 1.74 bits per heavy atom. The van der Waals surface area contributed by atoms with E-state index in [-0.39, 0.29) is 5.56 Å². The van der Waals surface area contributed by atoms with E-state index < -0.39 is 22.0 Å². The highest BCUT2D eigenvalue weighted by Crippen LogP contribution is 2.24. The van der Waals surface area contributed by atoms with E-state index in [1.54, 1.807) is 0 Å². The smallest absolute Gasteiger partial charge is 0.437 e. The summed E-state index contributed by atoms with van der Waals surface area (Å²) in [5.41, 5.74) is -1.78. The zero-order chi connectivity index (χ0) is 14.7. The van der Waals surface area contributed by atoms with Gasteiger partial charge in [0.25, 0.3) is 0 Å². The topological polar surface area (TPSA) is 65.0 Å². The first-order chi connectivity index (χ1) is 8.63. The van der Waals surface area contributed by atoms with Crippen molar-refractivity contribution in [2.75, 3.05) is 13.4 Å². The van der Waals surface area contributed by atoms with Crippen molar-refractivity contribution in [1.29, 1.82) is 0 Å². The van der Waals surface area contributed by atoms with E-state index in [1.165, 1.54) is 19.2 Å². The summed E-state index contributed by atoms with van der Waals surface area (Å²) in [6.07, 6.45) is -4.25. The fraction of sp³-hybridized carbons (Fsp3) is 0.300. The predicted molar refractivity (Wildman–Crippen MR) is 61.5 cm³/mol. The Kier molecular flexibility index (Phi) is 4.40. The van der Waals surface area contributed by atoms with Gasteiger partial charge < -0.3 is 4.74 Å². The maximum absolute atomic E-state index is 12.7. The summed E-state index contributed by atoms with van der Waals surface area (Å²) in [6, 6.07) is 4.77. The average Bonchev–Trinajstić information content (AvgIpc) is 2.26. The number of hydrogen-bond acceptors (Lipinski definition) is 5. The highest BCUT2D eigenvalue weighted by atomic mass is 32.2. The van der Waals surface area contributed by atoms with Crippen molar-refractivity contribution in [3.05, 3.63) is 29.8 Å². The molecule has 19 heavy (non-hydrogen) atoms. The molecule has 0 radical (unpaired) electrons. The minimum absolute atomic E-state index is 0.336. The van der Waals surface area contributed by atoms with Gasteiger partial charge in [0.15, 0.2) is 5.71 Å². The number of methoxy groups -OCH3 is 1. The molecule has 0 amide bonds. The number of hydrogen-bond donors (Lipinski definition) is 0. The Morgan fingerprint density at radius 1 is 1.21 bits per heavy atom. The summed E-state index contributed by atoms with van der Waals surface area (Å²) in [5, 5.41) is 2.65. The third kappa shape index (κ3) is 4.78. The summed E-state index contributed by atoms with van der Waals surface area (Å²) >= 11 is 0. The predicted octanol–water partition coefficient (Wildman–Crippen LogP) is 1.94. The summed E-state index contributed by atoms with van der Waals surface area (Å²) in [4.78, 5) is 0. The fourth-order valence-electron chi connectivity index (χ4n) is 1.12. The summed E-state index contributed by atoms with van der Waals surface area (Å²) in [6.45, 7) is 0. The van der Waals surface area contributed by atoms with Gasteiger partial charge in [-0.05, 0) is 24.3 Å². The van der Waals surface area contributed by atoms with Crippen molar-refractivity contribution in [1.82, 2.24) is 0 Å². The Balaban J connectivity index is 3.17. The molecule has 0 saturated heterocycles. The second kappa shape index (κ2) is 5.47. The minimum Gasteiger partial charge on any atom is -0.497 e. The Hall–Kier alpha value is -1.77. The molecular formula is C10H10F3NO4S. The van der Waals surface area contributed by atoms with Crippen molar-refractivity contribution in [2.45, 2.75) is 6.18 Å². The first kappa shape index (κ1) is 15.3. The van der Waals surface area contributed by atoms with Crippen molar-refractivity contribution in [3.8, 4) is 5.75 Å². The minimum atomic E-state index is -4.85. The van der Waals surface area contributed by atoms with Crippen LogP contribution in [0.4, 0.5) is 13.2 Å². The maximum Gasteiger partial charge on any atom is 0.437 e. The van der Waals surface area contributed by atoms with Gasteiger partial charge in [0, 0.05) is 5.56 Å². The molecule has 0 aliphatic rings. The molecule has 5 nitrogen and oxygen atoms in total. The van der Waals surface area contributed by atoms with Crippen LogP contribution in [0.5, 0.6) is 5.75 Å². The van der Waals surface area contributed by atoms with Crippen LogP contribution in [0.25, 0.3) is 0 Å². The van der Waals surface area contributed by atoms with Gasteiger partial charge in [0.05, 0.1) is 13.4 Å². The lowest BCUT2D eigenvalue weighted by molar-refractivity contribution is -0.0596. The van der Waals surface area contributed by atoms with Gasteiger partial charge in [-0.15, -0.1) is 0 Å². The van der Waals surface area contributed by atoms with E-state index in [9.17, 15) is 21.6 Å². The second-order valence-electron chi connectivity index (χ2n) is 3.44. The van der Waals surface area contributed by atoms with Gasteiger partial charge >= 0.3 is 16.3 Å². The molecule has 1 rings (SSSR count). The zero-order valence-electron chi connectivity index (χ0n) is 9.93. The van der Waals surface area contributed by atoms with Gasteiger partial charge in [0.1, 0.15) is 5.75 Å². The summed E-state index contributed by atoms with van der Waals surface area (Å²) < 4.78 is 68.2. The molecule has 0 bridgehead atoms. The van der Waals surface area contributed by atoms with Crippen molar-refractivity contribution >= 4 is 15.8 Å². The molecule has 0 unspecified atom stereocenters. The molecule has 0 aliphatic heterocycles. The van der Waals surface area contributed by atoms with Gasteiger partial charge in [-0.2, -0.15) is 21.6 Å². The van der Waals surface area contributed by atoms with E-state index in [2.05, 4.69) is 9.44 Å². The number of benzene rings is 1. The molecular weight excluding hydrogens is 287 g/mol. The molecule has 0 fully saturated rings. The van der Waals surface area contributed by atoms with Crippen molar-refractivity contribution in [3.63, 3.8) is 0 Å². The largest absolute Gasteiger partial charge is 0.497 e. The quantitative estimate of drug-likeness (QED) is 0.629. The Labute approximate surface area is 107 Å². The number of halogens is 3. The van der Waals surface area contributed by atoms with Crippen LogP contribution in [0.1, 0.15) is 5.56 Å². The SMILES string of the molecule is COc1ccc(/C(=N\OS(C)(=O)=O)C(F)(F)F)cc1. The number of alkyl halides is 3. The van der Waals surface area contributed by atoms with Crippen LogP contribution < -0.4 is 4.74 Å². The number of rotatable bonds is 4. The molecule has 0 spiro atoms. The van der Waals surface area contributed by atoms with Crippen LogP contribution in [0.3, 0.4) is 0 Å². The van der Waals surface area contributed by atoms with Crippen LogP contribution in [-0.2, 0) is 14.4 Å². The molecule has 1 aromatic carbocycles. The van der Waals surface area contributed by atoms with Gasteiger partial charge in [-0.1, -0.05) is 5.16 Å². The number of oxime groups is 1. The van der Waals surface area contributed by atoms with E-state index in [1.807, 2.05) is 0 Å². The molecule has 0 aromatic heterocycles. The molecule has 9 heteroatoms. The van der Waals surface area contributed by atoms with Crippen LogP contribution in [0, 0.1) is 0 Å². The van der Waals surface area contributed by atoms with E-state index in [4.69, 9.17) is 4.74 Å². The summed E-state index contributed by atoms with van der Waals surface area (Å²) in [7, 11) is -2.75. The molecule has 106 valence electrons. The average molecular weight is 297 g/mol. The molecule has 0 atom stereocenters. The van der Waals surface area contributed by atoms with Gasteiger partial charge in [0.2, 0.25) is 0 Å². The van der Waals surface area contributed by atoms with Gasteiger partial charge in [-0.25, -0.2) is 0 Å². The molecule has 0 aliphatic carbocycles. The van der Waals surface area contributed by atoms with E-state index in [0.717, 1.165) is 12.1 Å². The third-order valence-electron chi connectivity index (χ3n) is 1.90.